The number of Topliss-reactive ketones (excluding diaryl/α,β-unsaturated/α-hetero) is 1. The van der Waals surface area contributed by atoms with Gasteiger partial charge in [0, 0.05) is 17.9 Å². The van der Waals surface area contributed by atoms with Gasteiger partial charge < -0.3 is 0 Å². The van der Waals surface area contributed by atoms with Crippen molar-refractivity contribution in [3.8, 4) is 0 Å². The molecule has 0 spiro atoms. The molecule has 0 bridgehead atoms. The lowest BCUT2D eigenvalue weighted by atomic mass is 9.95. The fourth-order valence-corrected chi connectivity index (χ4v) is 1.33. The molecule has 3 heteroatoms. The molecule has 0 heterocycles. The molecule has 76 valence electrons. The first-order chi connectivity index (χ1) is 6.57. The summed E-state index contributed by atoms with van der Waals surface area (Å²) in [7, 11) is 0. The number of rotatable bonds is 3. The minimum Gasteiger partial charge on any atom is -0.299 e. The summed E-state index contributed by atoms with van der Waals surface area (Å²) in [5, 5.41) is 0. The van der Waals surface area contributed by atoms with Gasteiger partial charge in [-0.05, 0) is 6.07 Å². The molecule has 0 aromatic heterocycles. The standard InChI is InChI=1S/C11H12F2O/c1-3-10(14)7(2)8-5-4-6-9(12)11(8)13/h4-7H,3H2,1-2H3. The SMILES string of the molecule is CCC(=O)C(C)c1cccc(F)c1F. The Morgan fingerprint density at radius 2 is 2.07 bits per heavy atom. The van der Waals surface area contributed by atoms with Gasteiger partial charge in [0.05, 0.1) is 0 Å². The third-order valence-electron chi connectivity index (χ3n) is 2.28. The van der Waals surface area contributed by atoms with Crippen molar-refractivity contribution in [1.82, 2.24) is 0 Å². The number of hydrogen-bond acceptors (Lipinski definition) is 1. The fourth-order valence-electron chi connectivity index (χ4n) is 1.33. The highest BCUT2D eigenvalue weighted by atomic mass is 19.2. The van der Waals surface area contributed by atoms with Crippen molar-refractivity contribution >= 4 is 5.78 Å². The monoisotopic (exact) mass is 198 g/mol. The summed E-state index contributed by atoms with van der Waals surface area (Å²) in [5.41, 5.74) is 0.136. The normalized spacial score (nSPS) is 12.6. The van der Waals surface area contributed by atoms with Gasteiger partial charge in [0.1, 0.15) is 5.78 Å². The van der Waals surface area contributed by atoms with Gasteiger partial charge in [-0.2, -0.15) is 0 Å². The maximum absolute atomic E-state index is 13.2. The molecule has 0 aliphatic heterocycles. The van der Waals surface area contributed by atoms with E-state index in [1.165, 1.54) is 12.1 Å². The van der Waals surface area contributed by atoms with Crippen LogP contribution in [0, 0.1) is 11.6 Å². The number of hydrogen-bond donors (Lipinski definition) is 0. The Kier molecular flexibility index (Phi) is 3.33. The van der Waals surface area contributed by atoms with Crippen LogP contribution in [-0.2, 0) is 4.79 Å². The van der Waals surface area contributed by atoms with E-state index in [4.69, 9.17) is 0 Å². The molecular formula is C11H12F2O. The lowest BCUT2D eigenvalue weighted by molar-refractivity contribution is -0.119. The third-order valence-corrected chi connectivity index (χ3v) is 2.28. The largest absolute Gasteiger partial charge is 0.299 e. The Balaban J connectivity index is 3.07. The molecule has 1 unspecified atom stereocenters. The fraction of sp³-hybridized carbons (Fsp3) is 0.364. The smallest absolute Gasteiger partial charge is 0.162 e. The average Bonchev–Trinajstić information content (AvgIpc) is 2.20. The summed E-state index contributed by atoms with van der Waals surface area (Å²) in [6, 6.07) is 3.89. The molecule has 0 fully saturated rings. The minimum atomic E-state index is -0.915. The first kappa shape index (κ1) is 10.8. The van der Waals surface area contributed by atoms with Crippen LogP contribution in [0.5, 0.6) is 0 Å². The van der Waals surface area contributed by atoms with Crippen LogP contribution < -0.4 is 0 Å². The van der Waals surface area contributed by atoms with Crippen molar-refractivity contribution in [3.05, 3.63) is 35.4 Å². The predicted molar refractivity (Wildman–Crippen MR) is 50.1 cm³/mol. The predicted octanol–water partition coefficient (Wildman–Crippen LogP) is 3.05. The second-order valence-electron chi connectivity index (χ2n) is 3.18. The van der Waals surface area contributed by atoms with E-state index in [1.807, 2.05) is 0 Å². The second kappa shape index (κ2) is 4.31. The topological polar surface area (TPSA) is 17.1 Å². The highest BCUT2D eigenvalue weighted by molar-refractivity contribution is 5.85. The van der Waals surface area contributed by atoms with E-state index in [9.17, 15) is 13.6 Å². The Bertz CT molecular complexity index is 347. The molecule has 1 nitrogen and oxygen atoms in total. The summed E-state index contributed by atoms with van der Waals surface area (Å²) in [4.78, 5) is 11.3. The van der Waals surface area contributed by atoms with Crippen LogP contribution >= 0.6 is 0 Å². The van der Waals surface area contributed by atoms with Crippen LogP contribution in [-0.4, -0.2) is 5.78 Å². The molecule has 0 N–H and O–H groups in total. The molecule has 0 radical (unpaired) electrons. The van der Waals surface area contributed by atoms with Gasteiger partial charge >= 0.3 is 0 Å². The molecule has 14 heavy (non-hydrogen) atoms. The van der Waals surface area contributed by atoms with E-state index in [0.717, 1.165) is 6.07 Å². The Hall–Kier alpha value is -1.25. The van der Waals surface area contributed by atoms with Crippen molar-refractivity contribution < 1.29 is 13.6 Å². The lowest BCUT2D eigenvalue weighted by Crippen LogP contribution is -2.10. The number of carbonyl (C=O) groups excluding carboxylic acids is 1. The van der Waals surface area contributed by atoms with Crippen LogP contribution in [0.15, 0.2) is 18.2 Å². The zero-order valence-corrected chi connectivity index (χ0v) is 8.18. The zero-order valence-electron chi connectivity index (χ0n) is 8.18. The van der Waals surface area contributed by atoms with E-state index >= 15 is 0 Å². The molecule has 0 saturated carbocycles. The number of benzene rings is 1. The Labute approximate surface area is 81.7 Å². The molecule has 0 aliphatic carbocycles. The van der Waals surface area contributed by atoms with Crippen molar-refractivity contribution in [2.24, 2.45) is 0 Å². The summed E-state index contributed by atoms with van der Waals surface area (Å²) in [6.45, 7) is 3.29. The Morgan fingerprint density at radius 1 is 1.43 bits per heavy atom. The van der Waals surface area contributed by atoms with Gasteiger partial charge in [-0.25, -0.2) is 8.78 Å². The number of ketones is 1. The summed E-state index contributed by atoms with van der Waals surface area (Å²) in [5.74, 6) is -2.48. The molecule has 1 aromatic carbocycles. The van der Waals surface area contributed by atoms with Gasteiger partial charge in [0.25, 0.3) is 0 Å². The van der Waals surface area contributed by atoms with Crippen molar-refractivity contribution in [2.45, 2.75) is 26.2 Å². The Morgan fingerprint density at radius 3 is 2.64 bits per heavy atom. The quantitative estimate of drug-likeness (QED) is 0.729. The lowest BCUT2D eigenvalue weighted by Gasteiger charge is -2.10. The summed E-state index contributed by atoms with van der Waals surface area (Å²) < 4.78 is 26.0. The first-order valence-corrected chi connectivity index (χ1v) is 4.54. The van der Waals surface area contributed by atoms with Crippen LogP contribution in [0.2, 0.25) is 0 Å². The minimum absolute atomic E-state index is 0.0884. The van der Waals surface area contributed by atoms with Gasteiger partial charge in [-0.3, -0.25) is 4.79 Å². The van der Waals surface area contributed by atoms with E-state index in [-0.39, 0.29) is 11.3 Å². The molecule has 0 saturated heterocycles. The van der Waals surface area contributed by atoms with E-state index in [2.05, 4.69) is 0 Å². The third kappa shape index (κ3) is 1.97. The molecule has 0 amide bonds. The molecule has 0 aliphatic rings. The second-order valence-corrected chi connectivity index (χ2v) is 3.18. The van der Waals surface area contributed by atoms with Crippen LogP contribution in [0.4, 0.5) is 8.78 Å². The zero-order chi connectivity index (χ0) is 10.7. The maximum atomic E-state index is 13.2. The maximum Gasteiger partial charge on any atom is 0.162 e. The van der Waals surface area contributed by atoms with Gasteiger partial charge in [0.2, 0.25) is 0 Å². The van der Waals surface area contributed by atoms with Crippen LogP contribution in [0.3, 0.4) is 0 Å². The first-order valence-electron chi connectivity index (χ1n) is 4.54. The molecule has 1 aromatic rings. The van der Waals surface area contributed by atoms with Crippen LogP contribution in [0.1, 0.15) is 31.7 Å². The van der Waals surface area contributed by atoms with E-state index in [0.29, 0.717) is 6.42 Å². The number of halogens is 2. The summed E-state index contributed by atoms with van der Waals surface area (Å²) in [6.07, 6.45) is 0.330. The highest BCUT2D eigenvalue weighted by Gasteiger charge is 2.18. The van der Waals surface area contributed by atoms with Gasteiger partial charge in [-0.15, -0.1) is 0 Å². The van der Waals surface area contributed by atoms with Crippen molar-refractivity contribution in [1.29, 1.82) is 0 Å². The molecule has 1 rings (SSSR count). The number of carbonyl (C=O) groups is 1. The van der Waals surface area contributed by atoms with Gasteiger partial charge in [0.15, 0.2) is 11.6 Å². The highest BCUT2D eigenvalue weighted by Crippen LogP contribution is 2.22. The average molecular weight is 198 g/mol. The van der Waals surface area contributed by atoms with E-state index in [1.54, 1.807) is 13.8 Å². The molecule has 1 atom stereocenters. The van der Waals surface area contributed by atoms with E-state index < -0.39 is 17.6 Å². The van der Waals surface area contributed by atoms with Crippen molar-refractivity contribution in [3.63, 3.8) is 0 Å². The summed E-state index contributed by atoms with van der Waals surface area (Å²) >= 11 is 0. The van der Waals surface area contributed by atoms with Crippen molar-refractivity contribution in [2.75, 3.05) is 0 Å². The van der Waals surface area contributed by atoms with Crippen LogP contribution in [0.25, 0.3) is 0 Å². The van der Waals surface area contributed by atoms with Gasteiger partial charge in [-0.1, -0.05) is 26.0 Å². The molecular weight excluding hydrogens is 186 g/mol.